The fourth-order valence-electron chi connectivity index (χ4n) is 3.73. The SMILES string of the molecule is CCCCn1c(=O)[nH]c(=O)c2c1nc(COC(=O)[C@@H](NC(=O)c1ccccc1)C(C)C)n2CC. The highest BCUT2D eigenvalue weighted by Crippen LogP contribution is 2.14. The molecule has 10 heteroatoms. The Labute approximate surface area is 197 Å². The Morgan fingerprint density at radius 3 is 2.44 bits per heavy atom. The van der Waals surface area contributed by atoms with Crippen molar-refractivity contribution in [1.29, 1.82) is 0 Å². The predicted molar refractivity (Wildman–Crippen MR) is 128 cm³/mol. The number of unbranched alkanes of at least 4 members (excludes halogenated alkanes) is 1. The molecule has 0 aliphatic carbocycles. The van der Waals surface area contributed by atoms with Crippen molar-refractivity contribution in [3.63, 3.8) is 0 Å². The van der Waals surface area contributed by atoms with Crippen LogP contribution in [0.15, 0.2) is 39.9 Å². The van der Waals surface area contributed by atoms with E-state index in [-0.39, 0.29) is 29.6 Å². The van der Waals surface area contributed by atoms with Crippen molar-refractivity contribution in [3.05, 3.63) is 62.6 Å². The van der Waals surface area contributed by atoms with E-state index >= 15 is 0 Å². The van der Waals surface area contributed by atoms with Crippen molar-refractivity contribution in [2.24, 2.45) is 5.92 Å². The summed E-state index contributed by atoms with van der Waals surface area (Å²) in [7, 11) is 0. The van der Waals surface area contributed by atoms with Gasteiger partial charge in [-0.2, -0.15) is 0 Å². The largest absolute Gasteiger partial charge is 0.456 e. The standard InChI is InChI=1S/C24H31N5O5/c1-5-7-13-29-20-19(22(31)27-24(29)33)28(6-2)17(25-20)14-34-23(32)18(15(3)4)26-21(30)16-11-9-8-10-12-16/h8-12,15,18H,5-7,13-14H2,1-4H3,(H,26,30)(H,27,31,33)/t18-/m0/s1. The van der Waals surface area contributed by atoms with E-state index in [2.05, 4.69) is 15.3 Å². The Kier molecular flexibility index (Phi) is 8.04. The van der Waals surface area contributed by atoms with E-state index in [1.165, 1.54) is 4.57 Å². The summed E-state index contributed by atoms with van der Waals surface area (Å²) in [5, 5.41) is 2.73. The molecule has 3 rings (SSSR count). The zero-order valence-electron chi connectivity index (χ0n) is 20.0. The van der Waals surface area contributed by atoms with Gasteiger partial charge in [-0.05, 0) is 31.4 Å². The molecule has 1 aromatic carbocycles. The van der Waals surface area contributed by atoms with Crippen LogP contribution < -0.4 is 16.6 Å². The minimum Gasteiger partial charge on any atom is -0.456 e. The van der Waals surface area contributed by atoms with Gasteiger partial charge in [0, 0.05) is 18.7 Å². The van der Waals surface area contributed by atoms with E-state index in [1.54, 1.807) is 34.9 Å². The van der Waals surface area contributed by atoms with Gasteiger partial charge in [0.15, 0.2) is 11.2 Å². The van der Waals surface area contributed by atoms with Crippen molar-refractivity contribution in [3.8, 4) is 0 Å². The molecule has 2 N–H and O–H groups in total. The number of aromatic amines is 1. The number of fused-ring (bicyclic) bond motifs is 1. The number of H-pyrrole nitrogens is 1. The third-order valence-electron chi connectivity index (χ3n) is 5.60. The second-order valence-corrected chi connectivity index (χ2v) is 8.38. The zero-order valence-corrected chi connectivity index (χ0v) is 20.0. The maximum atomic E-state index is 12.9. The molecule has 0 unspecified atom stereocenters. The van der Waals surface area contributed by atoms with Gasteiger partial charge >= 0.3 is 11.7 Å². The van der Waals surface area contributed by atoms with E-state index in [1.807, 2.05) is 27.7 Å². The van der Waals surface area contributed by atoms with E-state index in [0.717, 1.165) is 12.8 Å². The Balaban J connectivity index is 1.84. The van der Waals surface area contributed by atoms with E-state index in [0.29, 0.717) is 24.5 Å². The van der Waals surface area contributed by atoms with E-state index in [4.69, 9.17) is 4.74 Å². The fourth-order valence-corrected chi connectivity index (χ4v) is 3.73. The summed E-state index contributed by atoms with van der Waals surface area (Å²) in [5.41, 5.74) is -0.0680. The quantitative estimate of drug-likeness (QED) is 0.438. The lowest BCUT2D eigenvalue weighted by atomic mass is 10.0. The zero-order chi connectivity index (χ0) is 24.8. The summed E-state index contributed by atoms with van der Waals surface area (Å²) in [4.78, 5) is 57.1. The highest BCUT2D eigenvalue weighted by molar-refractivity contribution is 5.96. The second-order valence-electron chi connectivity index (χ2n) is 8.38. The maximum Gasteiger partial charge on any atom is 0.330 e. The van der Waals surface area contributed by atoms with Crippen molar-refractivity contribution in [1.82, 2.24) is 24.4 Å². The van der Waals surface area contributed by atoms with Gasteiger partial charge in [-0.15, -0.1) is 0 Å². The number of nitrogens with one attached hydrogen (secondary N) is 2. The number of benzene rings is 1. The smallest absolute Gasteiger partial charge is 0.330 e. The predicted octanol–water partition coefficient (Wildman–Crippen LogP) is 2.20. The third-order valence-corrected chi connectivity index (χ3v) is 5.60. The van der Waals surface area contributed by atoms with E-state index < -0.39 is 23.3 Å². The Bertz CT molecular complexity index is 1270. The summed E-state index contributed by atoms with van der Waals surface area (Å²) in [6.45, 7) is 8.08. The summed E-state index contributed by atoms with van der Waals surface area (Å²) < 4.78 is 8.59. The average molecular weight is 470 g/mol. The first-order valence-corrected chi connectivity index (χ1v) is 11.5. The van der Waals surface area contributed by atoms with Crippen LogP contribution in [0.25, 0.3) is 11.2 Å². The van der Waals surface area contributed by atoms with Crippen molar-refractivity contribution in [2.45, 2.75) is 66.3 Å². The summed E-state index contributed by atoms with van der Waals surface area (Å²) in [5.74, 6) is -0.842. The highest BCUT2D eigenvalue weighted by Gasteiger charge is 2.27. The van der Waals surface area contributed by atoms with Crippen LogP contribution in [-0.4, -0.2) is 37.0 Å². The lowest BCUT2D eigenvalue weighted by Crippen LogP contribution is -2.45. The Morgan fingerprint density at radius 2 is 1.82 bits per heavy atom. The second kappa shape index (κ2) is 11.0. The lowest BCUT2D eigenvalue weighted by Gasteiger charge is -2.21. The first-order valence-electron chi connectivity index (χ1n) is 11.5. The molecule has 1 atom stereocenters. The van der Waals surface area contributed by atoms with Crippen LogP contribution in [0.3, 0.4) is 0 Å². The molecule has 0 saturated heterocycles. The summed E-state index contributed by atoms with van der Waals surface area (Å²) in [6, 6.07) is 7.76. The Morgan fingerprint density at radius 1 is 1.12 bits per heavy atom. The third kappa shape index (κ3) is 5.27. The topological polar surface area (TPSA) is 128 Å². The average Bonchev–Trinajstić information content (AvgIpc) is 3.20. The molecule has 182 valence electrons. The lowest BCUT2D eigenvalue weighted by molar-refractivity contribution is -0.148. The van der Waals surface area contributed by atoms with Crippen molar-refractivity contribution in [2.75, 3.05) is 0 Å². The van der Waals surface area contributed by atoms with E-state index in [9.17, 15) is 19.2 Å². The van der Waals surface area contributed by atoms with Crippen LogP contribution in [0.4, 0.5) is 0 Å². The number of nitrogens with zero attached hydrogens (tertiary/aromatic N) is 3. The molecule has 0 spiro atoms. The number of rotatable bonds is 10. The van der Waals surface area contributed by atoms with Crippen LogP contribution in [0.5, 0.6) is 0 Å². The minimum absolute atomic E-state index is 0.201. The molecule has 0 bridgehead atoms. The van der Waals surface area contributed by atoms with Gasteiger partial charge in [-0.3, -0.25) is 19.1 Å². The Hall–Kier alpha value is -3.69. The number of hydrogen-bond acceptors (Lipinski definition) is 6. The molecular weight excluding hydrogens is 438 g/mol. The monoisotopic (exact) mass is 469 g/mol. The van der Waals surface area contributed by atoms with Gasteiger partial charge in [0.1, 0.15) is 18.5 Å². The molecule has 1 amide bonds. The van der Waals surface area contributed by atoms with Gasteiger partial charge in [0.25, 0.3) is 11.5 Å². The molecule has 34 heavy (non-hydrogen) atoms. The molecule has 0 radical (unpaired) electrons. The number of carbonyl (C=O) groups excluding carboxylic acids is 2. The number of imidazole rings is 1. The van der Waals surface area contributed by atoms with Crippen LogP contribution in [0, 0.1) is 5.92 Å². The van der Waals surface area contributed by atoms with Crippen LogP contribution >= 0.6 is 0 Å². The number of hydrogen-bond donors (Lipinski definition) is 2. The van der Waals surface area contributed by atoms with Crippen LogP contribution in [-0.2, 0) is 29.2 Å². The number of esters is 1. The molecule has 0 aliphatic heterocycles. The first-order chi connectivity index (χ1) is 16.3. The van der Waals surface area contributed by atoms with Gasteiger partial charge in [0.05, 0.1) is 0 Å². The fraction of sp³-hybridized carbons (Fsp3) is 0.458. The first kappa shape index (κ1) is 24.9. The number of aryl methyl sites for hydroxylation is 2. The van der Waals surface area contributed by atoms with Crippen LogP contribution in [0.2, 0.25) is 0 Å². The van der Waals surface area contributed by atoms with Gasteiger partial charge in [-0.25, -0.2) is 14.6 Å². The number of ether oxygens (including phenoxy) is 1. The molecule has 0 aliphatic rings. The van der Waals surface area contributed by atoms with Gasteiger partial charge < -0.3 is 14.6 Å². The van der Waals surface area contributed by atoms with Crippen molar-refractivity contribution >= 4 is 23.0 Å². The highest BCUT2D eigenvalue weighted by atomic mass is 16.5. The molecular formula is C24H31N5O5. The molecule has 2 heterocycles. The van der Waals surface area contributed by atoms with Gasteiger partial charge in [-0.1, -0.05) is 45.4 Å². The molecule has 3 aromatic rings. The molecule has 0 saturated carbocycles. The normalized spacial score (nSPS) is 12.1. The van der Waals surface area contributed by atoms with Gasteiger partial charge in [0.2, 0.25) is 0 Å². The molecule has 0 fully saturated rings. The summed E-state index contributed by atoms with van der Waals surface area (Å²) in [6.07, 6.45) is 1.62. The number of amides is 1. The number of aromatic nitrogens is 4. The minimum atomic E-state index is -0.863. The summed E-state index contributed by atoms with van der Waals surface area (Å²) >= 11 is 0. The maximum absolute atomic E-state index is 12.9. The molecule has 10 nitrogen and oxygen atoms in total. The van der Waals surface area contributed by atoms with Crippen molar-refractivity contribution < 1.29 is 14.3 Å². The number of carbonyl (C=O) groups is 2. The molecule has 2 aromatic heterocycles. The van der Waals surface area contributed by atoms with Crippen LogP contribution in [0.1, 0.15) is 56.7 Å².